The van der Waals surface area contributed by atoms with Crippen LogP contribution in [0.4, 0.5) is 29.1 Å². The monoisotopic (exact) mass is 477 g/mol. The Morgan fingerprint density at radius 1 is 1.22 bits per heavy atom. The molecule has 3 rings (SSSR count). The first-order valence-electron chi connectivity index (χ1n) is 9.31. The van der Waals surface area contributed by atoms with E-state index in [-0.39, 0.29) is 11.7 Å². The Kier molecular flexibility index (Phi) is 5.98. The molecule has 1 heterocycles. The maximum atomic E-state index is 14.4. The number of nitrogens with one attached hydrogen (secondary N) is 2. The van der Waals surface area contributed by atoms with E-state index in [2.05, 4.69) is 14.8 Å². The minimum absolute atomic E-state index is 0.195. The van der Waals surface area contributed by atoms with Crippen molar-refractivity contribution in [2.75, 3.05) is 5.32 Å². The van der Waals surface area contributed by atoms with Crippen molar-refractivity contribution in [3.05, 3.63) is 51.1 Å². The zero-order valence-corrected chi connectivity index (χ0v) is 17.9. The number of hydrogen-bond acceptors (Lipinski definition) is 6. The van der Waals surface area contributed by atoms with Gasteiger partial charge in [-0.15, -0.1) is 0 Å². The second-order valence-corrected chi connectivity index (χ2v) is 8.92. The summed E-state index contributed by atoms with van der Waals surface area (Å²) in [6, 6.07) is 3.71. The van der Waals surface area contributed by atoms with Gasteiger partial charge >= 0.3 is 15.6 Å². The molecule has 2 N–H and O–H groups in total. The zero-order chi connectivity index (χ0) is 24.0. The summed E-state index contributed by atoms with van der Waals surface area (Å²) in [4.78, 5) is 25.5. The molecule has 1 aliphatic carbocycles. The lowest BCUT2D eigenvalue weighted by molar-refractivity contribution is -0.0500. The number of carbonyl (C=O) groups excluding carboxylic acids is 1. The molecule has 13 heteroatoms. The van der Waals surface area contributed by atoms with Crippen LogP contribution in [0, 0.1) is 19.7 Å². The molecule has 0 unspecified atom stereocenters. The van der Waals surface area contributed by atoms with Gasteiger partial charge in [-0.05, 0) is 44.4 Å². The third-order valence-electron chi connectivity index (χ3n) is 4.76. The molecule has 8 nitrogen and oxygen atoms in total. The number of amides is 1. The van der Waals surface area contributed by atoms with Gasteiger partial charge in [-0.2, -0.15) is 21.6 Å². The minimum Gasteiger partial charge on any atom is -0.375 e. The topological polar surface area (TPSA) is 106 Å². The number of hydrogen-bond donors (Lipinski definition) is 2. The number of nitrogens with zero attached hydrogens (tertiary/aromatic N) is 1. The van der Waals surface area contributed by atoms with E-state index in [1.54, 1.807) is 6.92 Å². The van der Waals surface area contributed by atoms with Gasteiger partial charge in [-0.25, -0.2) is 4.39 Å². The van der Waals surface area contributed by atoms with Crippen LogP contribution in [-0.4, -0.2) is 30.4 Å². The Morgan fingerprint density at radius 2 is 1.84 bits per heavy atom. The van der Waals surface area contributed by atoms with Crippen molar-refractivity contribution in [1.29, 1.82) is 0 Å². The van der Waals surface area contributed by atoms with E-state index in [0.29, 0.717) is 18.4 Å². The highest BCUT2D eigenvalue weighted by atomic mass is 32.2. The number of carbonyl (C=O) groups is 1. The molecule has 0 aliphatic heterocycles. The van der Waals surface area contributed by atoms with E-state index in [9.17, 15) is 35.6 Å². The first-order valence-corrected chi connectivity index (χ1v) is 10.7. The molecule has 0 saturated heterocycles. The Bertz CT molecular complexity index is 1250. The van der Waals surface area contributed by atoms with E-state index < -0.39 is 55.6 Å². The van der Waals surface area contributed by atoms with Crippen molar-refractivity contribution >= 4 is 27.5 Å². The number of rotatable bonds is 6. The molecule has 1 fully saturated rings. The van der Waals surface area contributed by atoms with Crippen molar-refractivity contribution in [2.24, 2.45) is 7.05 Å². The molecule has 0 bridgehead atoms. The fraction of sp³-hybridized carbons (Fsp3) is 0.368. The molecular formula is C19H19F4N3O5S. The maximum Gasteiger partial charge on any atom is 0.534 e. The van der Waals surface area contributed by atoms with Crippen LogP contribution in [0.2, 0.25) is 0 Å². The van der Waals surface area contributed by atoms with Gasteiger partial charge in [0.2, 0.25) is 0 Å². The lowest BCUT2D eigenvalue weighted by Gasteiger charge is -2.21. The Labute approximate surface area is 180 Å². The molecular weight excluding hydrogens is 458 g/mol. The molecule has 1 saturated carbocycles. The van der Waals surface area contributed by atoms with Gasteiger partial charge in [0.25, 0.3) is 11.5 Å². The molecule has 32 heavy (non-hydrogen) atoms. The van der Waals surface area contributed by atoms with Crippen LogP contribution in [0.3, 0.4) is 0 Å². The molecule has 1 amide bonds. The van der Waals surface area contributed by atoms with Crippen molar-refractivity contribution in [3.8, 4) is 5.75 Å². The van der Waals surface area contributed by atoms with Crippen LogP contribution in [0.5, 0.6) is 5.75 Å². The average Bonchev–Trinajstić information content (AvgIpc) is 3.48. The zero-order valence-electron chi connectivity index (χ0n) is 17.1. The van der Waals surface area contributed by atoms with E-state index in [1.165, 1.54) is 19.2 Å². The molecule has 0 radical (unpaired) electrons. The normalized spacial score (nSPS) is 14.2. The largest absolute Gasteiger partial charge is 0.534 e. The molecule has 0 spiro atoms. The van der Waals surface area contributed by atoms with Gasteiger partial charge < -0.3 is 14.8 Å². The number of anilines is 2. The second kappa shape index (κ2) is 8.11. The summed E-state index contributed by atoms with van der Waals surface area (Å²) >= 11 is 0. The lowest BCUT2D eigenvalue weighted by atomic mass is 10.1. The number of aryl methyl sites for hydroxylation is 1. The van der Waals surface area contributed by atoms with Crippen LogP contribution in [0.1, 0.15) is 34.3 Å². The van der Waals surface area contributed by atoms with Crippen molar-refractivity contribution in [2.45, 2.75) is 38.2 Å². The molecule has 1 aliphatic rings. The van der Waals surface area contributed by atoms with E-state index in [4.69, 9.17) is 0 Å². The van der Waals surface area contributed by atoms with Crippen molar-refractivity contribution < 1.29 is 35.0 Å². The summed E-state index contributed by atoms with van der Waals surface area (Å²) in [5, 5.41) is 5.03. The standard InChI is InChI=1S/C19H19F4N3O5S/c1-9-4-7-13(12(20)8-9)25-16-14(17(27)24-11-5-6-11)15(10(2)18(28)26(16)3)31-32(29,30)19(21,22)23/h4,7-8,11,25H,5-6H2,1-3H3,(H,24,27). The quantitative estimate of drug-likeness (QED) is 0.377. The van der Waals surface area contributed by atoms with Crippen LogP contribution in [0.15, 0.2) is 23.0 Å². The van der Waals surface area contributed by atoms with E-state index >= 15 is 0 Å². The summed E-state index contributed by atoms with van der Waals surface area (Å²) in [5.74, 6) is -3.27. The lowest BCUT2D eigenvalue weighted by Crippen LogP contribution is -2.34. The highest BCUT2D eigenvalue weighted by Crippen LogP contribution is 2.35. The molecule has 1 aromatic heterocycles. The first-order chi connectivity index (χ1) is 14.7. The predicted octanol–water partition coefficient (Wildman–Crippen LogP) is 3.01. The summed E-state index contributed by atoms with van der Waals surface area (Å²) in [6.45, 7) is 2.64. The van der Waals surface area contributed by atoms with E-state index in [1.807, 2.05) is 0 Å². The van der Waals surface area contributed by atoms with Crippen LogP contribution in [-0.2, 0) is 17.2 Å². The fourth-order valence-electron chi connectivity index (χ4n) is 2.87. The Balaban J connectivity index is 2.25. The maximum absolute atomic E-state index is 14.4. The van der Waals surface area contributed by atoms with Gasteiger partial charge in [0, 0.05) is 13.1 Å². The third-order valence-corrected chi connectivity index (χ3v) is 5.71. The number of benzene rings is 1. The van der Waals surface area contributed by atoms with Crippen molar-refractivity contribution in [1.82, 2.24) is 9.88 Å². The summed E-state index contributed by atoms with van der Waals surface area (Å²) in [5.41, 5.74) is -7.60. The van der Waals surface area contributed by atoms with Gasteiger partial charge in [0.05, 0.1) is 11.3 Å². The van der Waals surface area contributed by atoms with Gasteiger partial charge in [-0.1, -0.05) is 6.07 Å². The number of pyridine rings is 1. The minimum atomic E-state index is -6.21. The van der Waals surface area contributed by atoms with E-state index in [0.717, 1.165) is 17.6 Å². The van der Waals surface area contributed by atoms with Gasteiger partial charge in [-0.3, -0.25) is 14.2 Å². The number of alkyl halides is 3. The van der Waals surface area contributed by atoms with Crippen LogP contribution < -0.4 is 20.4 Å². The molecule has 2 aromatic rings. The average molecular weight is 477 g/mol. The SMILES string of the molecule is Cc1ccc(Nc2c(C(=O)NC3CC3)c(OS(=O)(=O)C(F)(F)F)c(C)c(=O)n2C)c(F)c1. The second-order valence-electron chi connectivity index (χ2n) is 7.38. The highest BCUT2D eigenvalue weighted by Gasteiger charge is 2.49. The smallest absolute Gasteiger partial charge is 0.375 e. The molecule has 1 aromatic carbocycles. The number of halogens is 4. The Morgan fingerprint density at radius 3 is 2.38 bits per heavy atom. The molecule has 0 atom stereocenters. The predicted molar refractivity (Wildman–Crippen MR) is 107 cm³/mol. The van der Waals surface area contributed by atoms with Crippen molar-refractivity contribution in [3.63, 3.8) is 0 Å². The van der Waals surface area contributed by atoms with Crippen LogP contribution >= 0.6 is 0 Å². The summed E-state index contributed by atoms with van der Waals surface area (Å²) in [7, 11) is -5.01. The molecule has 174 valence electrons. The summed E-state index contributed by atoms with van der Waals surface area (Å²) < 4.78 is 81.7. The van der Waals surface area contributed by atoms with Gasteiger partial charge in [0.15, 0.2) is 5.75 Å². The van der Waals surface area contributed by atoms with Crippen LogP contribution in [0.25, 0.3) is 0 Å². The highest BCUT2D eigenvalue weighted by molar-refractivity contribution is 7.88. The summed E-state index contributed by atoms with van der Waals surface area (Å²) in [6.07, 6.45) is 1.23. The Hall–Kier alpha value is -3.09. The fourth-order valence-corrected chi connectivity index (χ4v) is 3.39. The van der Waals surface area contributed by atoms with Gasteiger partial charge in [0.1, 0.15) is 17.2 Å². The first kappa shape index (κ1) is 23.6. The number of aromatic nitrogens is 1. The third kappa shape index (κ3) is 4.56.